The maximum absolute atomic E-state index is 6.60. The van der Waals surface area contributed by atoms with Crippen LogP contribution in [-0.2, 0) is 4.74 Å². The van der Waals surface area contributed by atoms with Gasteiger partial charge in [0, 0.05) is 17.6 Å². The number of thioether (sulfide) groups is 1. The molecule has 1 saturated carbocycles. The molecule has 23 heavy (non-hydrogen) atoms. The van der Waals surface area contributed by atoms with E-state index in [0.717, 1.165) is 11.2 Å². The molecule has 134 valence electrons. The second-order valence-electron chi connectivity index (χ2n) is 8.44. The van der Waals surface area contributed by atoms with Crippen molar-refractivity contribution >= 4 is 11.8 Å². The molecule has 0 aromatic carbocycles. The van der Waals surface area contributed by atoms with Gasteiger partial charge in [0.1, 0.15) is 4.93 Å². The predicted octanol–water partition coefficient (Wildman–Crippen LogP) is 7.09. The summed E-state index contributed by atoms with van der Waals surface area (Å²) >= 11 is 2.19. The van der Waals surface area contributed by atoms with Gasteiger partial charge in [-0.25, -0.2) is 0 Å². The first-order chi connectivity index (χ1) is 11.2. The van der Waals surface area contributed by atoms with Crippen LogP contribution >= 0.6 is 11.8 Å². The minimum atomic E-state index is 0.311. The van der Waals surface area contributed by atoms with E-state index in [2.05, 4.69) is 25.6 Å². The van der Waals surface area contributed by atoms with Crippen LogP contribution in [0.1, 0.15) is 110 Å². The van der Waals surface area contributed by atoms with Gasteiger partial charge < -0.3 is 4.74 Å². The molecule has 0 aromatic heterocycles. The molecule has 2 heteroatoms. The van der Waals surface area contributed by atoms with E-state index in [1.807, 2.05) is 0 Å². The number of hydrogen-bond acceptors (Lipinski definition) is 2. The zero-order chi connectivity index (χ0) is 16.2. The fourth-order valence-electron chi connectivity index (χ4n) is 5.29. The van der Waals surface area contributed by atoms with Crippen LogP contribution in [0.2, 0.25) is 0 Å². The Balaban J connectivity index is 1.39. The lowest BCUT2D eigenvalue weighted by molar-refractivity contribution is -0.300. The number of ether oxygens (including phenoxy) is 1. The Morgan fingerprint density at radius 1 is 0.870 bits per heavy atom. The summed E-state index contributed by atoms with van der Waals surface area (Å²) in [4.78, 5) is 0.311. The summed E-state index contributed by atoms with van der Waals surface area (Å²) in [5.41, 5.74) is 0.323. The Morgan fingerprint density at radius 2 is 1.43 bits per heavy atom. The number of unbranched alkanes of at least 4 members (excludes halogenated alkanes) is 9. The summed E-state index contributed by atoms with van der Waals surface area (Å²) in [6.45, 7) is 4.61. The molecule has 6 fully saturated rings. The summed E-state index contributed by atoms with van der Waals surface area (Å²) in [6.07, 6.45) is 21.1. The van der Waals surface area contributed by atoms with Gasteiger partial charge in [0.2, 0.25) is 0 Å². The van der Waals surface area contributed by atoms with Gasteiger partial charge in [-0.2, -0.15) is 0 Å². The Hall–Kier alpha value is 0.310. The molecule has 4 atom stereocenters. The molecule has 0 aromatic rings. The largest absolute Gasteiger partial charge is 0.357 e. The fourth-order valence-corrected chi connectivity index (χ4v) is 7.26. The maximum atomic E-state index is 6.60. The van der Waals surface area contributed by atoms with Crippen LogP contribution < -0.4 is 0 Å². The van der Waals surface area contributed by atoms with E-state index in [0.29, 0.717) is 10.5 Å². The molecule has 3 bridgehead atoms. The van der Waals surface area contributed by atoms with E-state index in [1.165, 1.54) is 96.3 Å². The van der Waals surface area contributed by atoms with E-state index in [-0.39, 0.29) is 0 Å². The van der Waals surface area contributed by atoms with Gasteiger partial charge in [0.05, 0.1) is 5.60 Å². The van der Waals surface area contributed by atoms with Crippen LogP contribution in [0, 0.1) is 5.92 Å². The molecule has 5 aliphatic heterocycles. The highest BCUT2D eigenvalue weighted by atomic mass is 32.2. The van der Waals surface area contributed by atoms with Crippen LogP contribution in [0.5, 0.6) is 0 Å². The topological polar surface area (TPSA) is 9.23 Å². The van der Waals surface area contributed by atoms with Crippen LogP contribution in [0.15, 0.2) is 0 Å². The third kappa shape index (κ3) is 3.94. The summed E-state index contributed by atoms with van der Waals surface area (Å²) < 4.78 is 6.60. The van der Waals surface area contributed by atoms with Crippen molar-refractivity contribution < 1.29 is 4.74 Å². The molecule has 6 aliphatic rings. The zero-order valence-corrected chi connectivity index (χ0v) is 16.4. The highest BCUT2D eigenvalue weighted by Gasteiger charge is 2.72. The van der Waals surface area contributed by atoms with Gasteiger partial charge in [0.25, 0.3) is 0 Å². The van der Waals surface area contributed by atoms with E-state index < -0.39 is 0 Å². The first kappa shape index (κ1) is 18.1. The van der Waals surface area contributed by atoms with Crippen molar-refractivity contribution in [2.75, 3.05) is 0 Å². The van der Waals surface area contributed by atoms with E-state index in [1.54, 1.807) is 0 Å². The van der Waals surface area contributed by atoms with Gasteiger partial charge in [-0.3, -0.25) is 0 Å². The summed E-state index contributed by atoms with van der Waals surface area (Å²) in [5, 5.41) is 0.948. The van der Waals surface area contributed by atoms with Crippen molar-refractivity contribution in [2.24, 2.45) is 5.92 Å². The van der Waals surface area contributed by atoms with E-state index in [4.69, 9.17) is 4.74 Å². The van der Waals surface area contributed by atoms with Crippen molar-refractivity contribution in [3.63, 3.8) is 0 Å². The molecule has 5 heterocycles. The molecule has 1 nitrogen and oxygen atoms in total. The summed E-state index contributed by atoms with van der Waals surface area (Å²) in [7, 11) is 0. The first-order valence-electron chi connectivity index (χ1n) is 10.6. The van der Waals surface area contributed by atoms with Crippen LogP contribution in [0.25, 0.3) is 0 Å². The minimum absolute atomic E-state index is 0.311. The first-order valence-corrected chi connectivity index (χ1v) is 11.5. The summed E-state index contributed by atoms with van der Waals surface area (Å²) in [6, 6.07) is 0. The predicted molar refractivity (Wildman–Crippen MR) is 102 cm³/mol. The van der Waals surface area contributed by atoms with Crippen LogP contribution in [0.4, 0.5) is 0 Å². The monoisotopic (exact) mass is 338 g/mol. The smallest absolute Gasteiger partial charge is 0.118 e. The molecule has 1 aliphatic carbocycles. The molecular weight excluding hydrogens is 300 g/mol. The highest BCUT2D eigenvalue weighted by Crippen LogP contribution is 2.73. The molecule has 5 saturated heterocycles. The summed E-state index contributed by atoms with van der Waals surface area (Å²) in [5.74, 6) is 0.875. The molecule has 6 rings (SSSR count). The number of rotatable bonds is 13. The highest BCUT2D eigenvalue weighted by molar-refractivity contribution is 8.02. The van der Waals surface area contributed by atoms with Gasteiger partial charge in [0.15, 0.2) is 0 Å². The van der Waals surface area contributed by atoms with Gasteiger partial charge >= 0.3 is 0 Å². The van der Waals surface area contributed by atoms with Crippen molar-refractivity contribution in [1.82, 2.24) is 0 Å². The third-order valence-corrected chi connectivity index (χ3v) is 8.15. The lowest BCUT2D eigenvalue weighted by Crippen LogP contribution is -2.75. The quantitative estimate of drug-likeness (QED) is 0.331. The SMILES string of the molecule is CCCCCCCC[C@]12CC3(CC(S3)[C@@H]1CCCCCCC)O2. The number of hydrogen-bond donors (Lipinski definition) is 0. The second kappa shape index (κ2) is 8.13. The van der Waals surface area contributed by atoms with Gasteiger partial charge in [-0.15, -0.1) is 11.8 Å². The Kier molecular flexibility index (Phi) is 6.40. The minimum Gasteiger partial charge on any atom is -0.357 e. The molecular formula is C21H38OS. The van der Waals surface area contributed by atoms with Crippen LogP contribution in [0.3, 0.4) is 0 Å². The van der Waals surface area contributed by atoms with Gasteiger partial charge in [-0.05, 0) is 19.3 Å². The molecule has 2 unspecified atom stereocenters. The van der Waals surface area contributed by atoms with E-state index >= 15 is 0 Å². The Bertz CT molecular complexity index is 353. The molecule has 0 radical (unpaired) electrons. The van der Waals surface area contributed by atoms with Crippen molar-refractivity contribution in [1.29, 1.82) is 0 Å². The second-order valence-corrected chi connectivity index (χ2v) is 10.0. The molecule has 0 N–H and O–H groups in total. The maximum Gasteiger partial charge on any atom is 0.118 e. The average Bonchev–Trinajstić information content (AvgIpc) is 2.49. The van der Waals surface area contributed by atoms with Crippen LogP contribution in [-0.4, -0.2) is 15.8 Å². The fraction of sp³-hybridized carbons (Fsp3) is 1.00. The van der Waals surface area contributed by atoms with Crippen molar-refractivity contribution in [3.8, 4) is 0 Å². The van der Waals surface area contributed by atoms with Crippen molar-refractivity contribution in [3.05, 3.63) is 0 Å². The van der Waals surface area contributed by atoms with Gasteiger partial charge in [-0.1, -0.05) is 84.5 Å². The Morgan fingerprint density at radius 3 is 2.09 bits per heavy atom. The molecule has 0 amide bonds. The van der Waals surface area contributed by atoms with E-state index in [9.17, 15) is 0 Å². The normalized spacial score (nSPS) is 37.3. The lowest BCUT2D eigenvalue weighted by atomic mass is 9.63. The third-order valence-electron chi connectivity index (χ3n) is 6.53. The van der Waals surface area contributed by atoms with Crippen molar-refractivity contribution in [2.45, 2.75) is 126 Å². The Labute approximate surface area is 148 Å². The standard InChI is InChI=1S/C21H38OS/c1-3-5-7-9-11-13-15-20-17-21(22-20)16-19(23-21)18(20)14-12-10-8-6-4-2/h18-19H,3-17H2,1-2H3/t18-,19?,20-,21?/m0/s1. The average molecular weight is 339 g/mol. The lowest BCUT2D eigenvalue weighted by Gasteiger charge is -2.73. The molecule has 1 spiro atoms. The zero-order valence-electron chi connectivity index (χ0n) is 15.6.